The van der Waals surface area contributed by atoms with Crippen molar-refractivity contribution in [2.24, 2.45) is 0 Å². The molecule has 0 saturated heterocycles. The fraction of sp³-hybridized carbons (Fsp3) is 0.500. The number of alkyl halides is 3. The van der Waals surface area contributed by atoms with Gasteiger partial charge in [-0.2, -0.15) is 23.1 Å². The number of rotatable bonds is 7. The zero-order valence-electron chi connectivity index (χ0n) is 13.5. The van der Waals surface area contributed by atoms with Crippen LogP contribution in [0.1, 0.15) is 19.5 Å². The number of methoxy groups -OCH3 is 2. The van der Waals surface area contributed by atoms with Crippen LogP contribution >= 0.6 is 0 Å². The Morgan fingerprint density at radius 3 is 2.46 bits per heavy atom. The number of hydrogen-bond donors (Lipinski definition) is 0. The molecule has 0 aliphatic rings. The van der Waals surface area contributed by atoms with E-state index < -0.39 is 42.4 Å². The number of hydrogen-bond acceptors (Lipinski definition) is 7. The molecule has 0 spiro atoms. The topological polar surface area (TPSA) is 79.8 Å². The van der Waals surface area contributed by atoms with Crippen molar-refractivity contribution in [3.05, 3.63) is 23.6 Å². The molecule has 0 radical (unpaired) electrons. The highest BCUT2D eigenvalue weighted by Gasteiger charge is 2.34. The lowest BCUT2D eigenvalue weighted by molar-refractivity contribution is -0.142. The van der Waals surface area contributed by atoms with Crippen molar-refractivity contribution in [2.75, 3.05) is 20.8 Å². The molecule has 1 rings (SSSR count). The Balaban J connectivity index is 3.05. The molecule has 1 aromatic heterocycles. The summed E-state index contributed by atoms with van der Waals surface area (Å²) >= 11 is 0. The van der Waals surface area contributed by atoms with Crippen LogP contribution in [0.5, 0.6) is 11.9 Å². The van der Waals surface area contributed by atoms with E-state index in [0.29, 0.717) is 6.07 Å². The van der Waals surface area contributed by atoms with Crippen molar-refractivity contribution in [3.63, 3.8) is 0 Å². The Bertz CT molecular complexity index is 603. The maximum atomic E-state index is 12.9. The first-order valence-corrected chi connectivity index (χ1v) is 6.73. The van der Waals surface area contributed by atoms with Gasteiger partial charge in [-0.15, -0.1) is 0 Å². The summed E-state index contributed by atoms with van der Waals surface area (Å²) in [6, 6.07) is 0.125. The highest BCUT2D eigenvalue weighted by atomic mass is 19.4. The summed E-state index contributed by atoms with van der Waals surface area (Å²) in [6.45, 7) is 2.82. The molecule has 0 aliphatic heterocycles. The summed E-state index contributed by atoms with van der Waals surface area (Å²) in [5.74, 6) is -1.15. The van der Waals surface area contributed by atoms with Crippen molar-refractivity contribution < 1.29 is 36.9 Å². The molecule has 0 amide bonds. The molecule has 1 heterocycles. The van der Waals surface area contributed by atoms with E-state index in [-0.39, 0.29) is 5.57 Å². The molecule has 0 aromatic carbocycles. The van der Waals surface area contributed by atoms with Crippen LogP contribution in [0.25, 0.3) is 0 Å². The van der Waals surface area contributed by atoms with Crippen molar-refractivity contribution in [1.82, 2.24) is 9.97 Å². The molecule has 10 heteroatoms. The summed E-state index contributed by atoms with van der Waals surface area (Å²) in [5, 5.41) is 0. The van der Waals surface area contributed by atoms with Gasteiger partial charge in [0.1, 0.15) is 12.2 Å². The summed E-state index contributed by atoms with van der Waals surface area (Å²) in [7, 11) is 2.44. The smallest absolute Gasteiger partial charge is 0.433 e. The van der Waals surface area contributed by atoms with Gasteiger partial charge < -0.3 is 18.9 Å². The number of nitrogens with zero attached hydrogens (tertiary/aromatic N) is 2. The number of esters is 1. The van der Waals surface area contributed by atoms with E-state index in [0.717, 1.165) is 13.4 Å². The predicted molar refractivity (Wildman–Crippen MR) is 75.4 cm³/mol. The quantitative estimate of drug-likeness (QED) is 0.424. The summed E-state index contributed by atoms with van der Waals surface area (Å²) in [6.07, 6.45) is -4.08. The summed E-state index contributed by atoms with van der Waals surface area (Å²) in [5.41, 5.74) is -1.27. The lowest BCUT2D eigenvalue weighted by atomic mass is 10.3. The van der Waals surface area contributed by atoms with Crippen LogP contribution in [0.4, 0.5) is 13.2 Å². The highest BCUT2D eigenvalue weighted by Crippen LogP contribution is 2.31. The van der Waals surface area contributed by atoms with Gasteiger partial charge in [-0.25, -0.2) is 4.79 Å². The largest absolute Gasteiger partial charge is 0.504 e. The second-order valence-corrected chi connectivity index (χ2v) is 4.70. The van der Waals surface area contributed by atoms with E-state index in [2.05, 4.69) is 19.4 Å². The molecular weight excluding hydrogens is 333 g/mol. The van der Waals surface area contributed by atoms with E-state index in [4.69, 9.17) is 9.47 Å². The monoisotopic (exact) mass is 350 g/mol. The molecule has 0 aliphatic carbocycles. The SMILES string of the molecule is CO/C=C(\COc1cc(C(F)(F)F)nc(OC(C)C)n1)C(=O)OC. The van der Waals surface area contributed by atoms with Gasteiger partial charge in [0.25, 0.3) is 0 Å². The minimum atomic E-state index is -4.70. The second kappa shape index (κ2) is 8.37. The number of carbonyl (C=O) groups excluding carboxylic acids is 1. The first-order valence-electron chi connectivity index (χ1n) is 6.73. The molecular formula is C14H17F3N2O5. The first kappa shape index (κ1) is 19.5. The van der Waals surface area contributed by atoms with Crippen LogP contribution in [0.2, 0.25) is 0 Å². The predicted octanol–water partition coefficient (Wildman–Crippen LogP) is 2.36. The third-order valence-electron chi connectivity index (χ3n) is 2.40. The molecule has 0 N–H and O–H groups in total. The minimum absolute atomic E-state index is 0.0431. The fourth-order valence-corrected chi connectivity index (χ4v) is 1.45. The van der Waals surface area contributed by atoms with Gasteiger partial charge in [0.05, 0.1) is 26.6 Å². The molecule has 0 saturated carbocycles. The summed E-state index contributed by atoms with van der Waals surface area (Å²) in [4.78, 5) is 18.5. The van der Waals surface area contributed by atoms with E-state index in [9.17, 15) is 18.0 Å². The Morgan fingerprint density at radius 1 is 1.29 bits per heavy atom. The standard InChI is InChI=1S/C14H17F3N2O5/c1-8(2)24-13-18-10(14(15,16)17)5-11(19-13)23-7-9(6-21-3)12(20)22-4/h5-6,8H,7H2,1-4H3/b9-6+. The molecule has 0 bridgehead atoms. The normalized spacial score (nSPS) is 12.1. The molecule has 0 atom stereocenters. The third-order valence-corrected chi connectivity index (χ3v) is 2.40. The zero-order chi connectivity index (χ0) is 18.3. The minimum Gasteiger partial charge on any atom is -0.504 e. The van der Waals surface area contributed by atoms with Gasteiger partial charge in [0.15, 0.2) is 5.69 Å². The maximum absolute atomic E-state index is 12.9. The zero-order valence-corrected chi connectivity index (χ0v) is 13.5. The number of carbonyl (C=O) groups is 1. The van der Waals surface area contributed by atoms with Crippen LogP contribution in [-0.4, -0.2) is 42.9 Å². The van der Waals surface area contributed by atoms with Gasteiger partial charge in [0.2, 0.25) is 5.88 Å². The average Bonchev–Trinajstić information content (AvgIpc) is 2.49. The first-order chi connectivity index (χ1) is 11.2. The molecule has 0 fully saturated rings. The fourth-order valence-electron chi connectivity index (χ4n) is 1.45. The Kier molecular flexibility index (Phi) is 6.81. The summed E-state index contributed by atoms with van der Waals surface area (Å²) < 4.78 is 58.0. The molecule has 24 heavy (non-hydrogen) atoms. The van der Waals surface area contributed by atoms with Gasteiger partial charge >= 0.3 is 18.2 Å². The third kappa shape index (κ3) is 5.94. The van der Waals surface area contributed by atoms with Gasteiger partial charge in [-0.3, -0.25) is 0 Å². The lowest BCUT2D eigenvalue weighted by Gasteiger charge is -2.13. The second-order valence-electron chi connectivity index (χ2n) is 4.70. The van der Waals surface area contributed by atoms with Crippen LogP contribution in [0, 0.1) is 0 Å². The van der Waals surface area contributed by atoms with E-state index in [1.54, 1.807) is 13.8 Å². The van der Waals surface area contributed by atoms with Crippen molar-refractivity contribution in [1.29, 1.82) is 0 Å². The van der Waals surface area contributed by atoms with Crippen LogP contribution in [0.15, 0.2) is 17.9 Å². The van der Waals surface area contributed by atoms with Crippen LogP contribution < -0.4 is 9.47 Å². The van der Waals surface area contributed by atoms with E-state index in [1.807, 2.05) is 0 Å². The molecule has 1 aromatic rings. The maximum Gasteiger partial charge on any atom is 0.433 e. The van der Waals surface area contributed by atoms with E-state index in [1.165, 1.54) is 7.11 Å². The Hall–Kier alpha value is -2.52. The highest BCUT2D eigenvalue weighted by molar-refractivity contribution is 5.88. The van der Waals surface area contributed by atoms with Crippen molar-refractivity contribution >= 4 is 5.97 Å². The average molecular weight is 350 g/mol. The molecule has 134 valence electrons. The number of ether oxygens (including phenoxy) is 4. The lowest BCUT2D eigenvalue weighted by Crippen LogP contribution is -2.16. The number of halogens is 3. The Morgan fingerprint density at radius 2 is 1.96 bits per heavy atom. The van der Waals surface area contributed by atoms with Gasteiger partial charge in [0, 0.05) is 6.07 Å². The van der Waals surface area contributed by atoms with Crippen molar-refractivity contribution in [2.45, 2.75) is 26.1 Å². The van der Waals surface area contributed by atoms with Crippen LogP contribution in [-0.2, 0) is 20.4 Å². The number of aromatic nitrogens is 2. The Labute approximate surface area is 136 Å². The van der Waals surface area contributed by atoms with E-state index >= 15 is 0 Å². The molecule has 0 unspecified atom stereocenters. The van der Waals surface area contributed by atoms with Gasteiger partial charge in [-0.1, -0.05) is 0 Å². The molecule has 7 nitrogen and oxygen atoms in total. The van der Waals surface area contributed by atoms with Gasteiger partial charge in [-0.05, 0) is 13.8 Å². The van der Waals surface area contributed by atoms with Crippen molar-refractivity contribution in [3.8, 4) is 11.9 Å². The van der Waals surface area contributed by atoms with Crippen LogP contribution in [0.3, 0.4) is 0 Å².